The summed E-state index contributed by atoms with van der Waals surface area (Å²) in [6.45, 7) is 3.77. The van der Waals surface area contributed by atoms with Crippen molar-refractivity contribution in [2.45, 2.75) is 38.8 Å². The van der Waals surface area contributed by atoms with Crippen LogP contribution in [0.15, 0.2) is 24.5 Å². The zero-order valence-electron chi connectivity index (χ0n) is 11.3. The van der Waals surface area contributed by atoms with Gasteiger partial charge in [0.2, 0.25) is 0 Å². The number of aliphatic hydroxyl groups excluding tert-OH is 1. The van der Waals surface area contributed by atoms with Gasteiger partial charge in [-0.1, -0.05) is 12.5 Å². The summed E-state index contributed by atoms with van der Waals surface area (Å²) in [5.74, 6) is 0.418. The van der Waals surface area contributed by atoms with E-state index in [9.17, 15) is 5.11 Å². The maximum absolute atomic E-state index is 9.80. The van der Waals surface area contributed by atoms with Crippen molar-refractivity contribution in [2.24, 2.45) is 5.92 Å². The van der Waals surface area contributed by atoms with Crippen molar-refractivity contribution in [2.75, 3.05) is 6.54 Å². The van der Waals surface area contributed by atoms with Gasteiger partial charge in [-0.15, -0.1) is 0 Å². The van der Waals surface area contributed by atoms with Crippen molar-refractivity contribution in [3.8, 4) is 0 Å². The van der Waals surface area contributed by atoms with Gasteiger partial charge in [0, 0.05) is 19.3 Å². The number of nitrogens with one attached hydrogen (secondary N) is 1. The molecule has 4 heteroatoms. The predicted octanol–water partition coefficient (Wildman–Crippen LogP) is 1.89. The molecule has 102 valence electrons. The number of imidazole rings is 1. The third kappa shape index (κ3) is 2.51. The van der Waals surface area contributed by atoms with Crippen molar-refractivity contribution < 1.29 is 5.11 Å². The van der Waals surface area contributed by atoms with Crippen LogP contribution in [0.5, 0.6) is 0 Å². The summed E-state index contributed by atoms with van der Waals surface area (Å²) in [5, 5.41) is 13.2. The van der Waals surface area contributed by atoms with E-state index < -0.39 is 0 Å². The summed E-state index contributed by atoms with van der Waals surface area (Å²) in [4.78, 5) is 4.46. The van der Waals surface area contributed by atoms with E-state index in [-0.39, 0.29) is 6.10 Å². The molecule has 2 aromatic rings. The van der Waals surface area contributed by atoms with Crippen LogP contribution >= 0.6 is 0 Å². The largest absolute Gasteiger partial charge is 0.393 e. The summed E-state index contributed by atoms with van der Waals surface area (Å²) in [6.07, 6.45) is 7.12. The summed E-state index contributed by atoms with van der Waals surface area (Å²) in [7, 11) is 0. The molecule has 0 aliphatic heterocycles. The second-order valence-corrected chi connectivity index (χ2v) is 5.52. The highest BCUT2D eigenvalue weighted by atomic mass is 16.3. The smallest absolute Gasteiger partial charge is 0.139 e. The Bertz CT molecular complexity index is 564. The van der Waals surface area contributed by atoms with E-state index in [0.29, 0.717) is 5.92 Å². The van der Waals surface area contributed by atoms with Crippen molar-refractivity contribution in [1.29, 1.82) is 0 Å². The fourth-order valence-electron chi connectivity index (χ4n) is 2.97. The Hall–Kier alpha value is -1.39. The van der Waals surface area contributed by atoms with Gasteiger partial charge in [0.05, 0.1) is 18.0 Å². The lowest BCUT2D eigenvalue weighted by Crippen LogP contribution is -2.27. The van der Waals surface area contributed by atoms with Gasteiger partial charge in [0.15, 0.2) is 0 Å². The minimum Gasteiger partial charge on any atom is -0.393 e. The van der Waals surface area contributed by atoms with E-state index >= 15 is 0 Å². The summed E-state index contributed by atoms with van der Waals surface area (Å²) >= 11 is 0. The molecule has 0 saturated heterocycles. The molecule has 0 radical (unpaired) electrons. The van der Waals surface area contributed by atoms with Crippen LogP contribution in [-0.4, -0.2) is 27.1 Å². The fraction of sp³-hybridized carbons (Fsp3) is 0.533. The highest BCUT2D eigenvalue weighted by Crippen LogP contribution is 2.24. The summed E-state index contributed by atoms with van der Waals surface area (Å²) in [5.41, 5.74) is 3.39. The van der Waals surface area contributed by atoms with Gasteiger partial charge >= 0.3 is 0 Å². The van der Waals surface area contributed by atoms with Gasteiger partial charge in [-0.2, -0.15) is 0 Å². The van der Waals surface area contributed by atoms with Crippen LogP contribution in [-0.2, 0) is 6.54 Å². The molecule has 2 unspecified atom stereocenters. The van der Waals surface area contributed by atoms with Crippen molar-refractivity contribution in [3.63, 3.8) is 0 Å². The van der Waals surface area contributed by atoms with Crippen LogP contribution in [0.2, 0.25) is 0 Å². The van der Waals surface area contributed by atoms with E-state index in [1.807, 2.05) is 12.3 Å². The van der Waals surface area contributed by atoms with E-state index in [1.165, 1.54) is 11.3 Å². The van der Waals surface area contributed by atoms with Crippen LogP contribution in [0.25, 0.3) is 5.65 Å². The molecular formula is C15H21N3O. The molecule has 2 atom stereocenters. The monoisotopic (exact) mass is 259 g/mol. The molecule has 1 aliphatic carbocycles. The molecule has 0 amide bonds. The number of hydrogen-bond donors (Lipinski definition) is 2. The zero-order chi connectivity index (χ0) is 13.2. The molecule has 1 saturated carbocycles. The predicted molar refractivity (Wildman–Crippen MR) is 75.0 cm³/mol. The molecule has 19 heavy (non-hydrogen) atoms. The molecule has 4 nitrogen and oxygen atoms in total. The Morgan fingerprint density at radius 1 is 1.47 bits per heavy atom. The number of fused-ring (bicyclic) bond motifs is 1. The third-order valence-corrected chi connectivity index (χ3v) is 4.14. The number of hydrogen-bond acceptors (Lipinski definition) is 3. The number of aliphatic hydroxyl groups is 1. The fourth-order valence-corrected chi connectivity index (χ4v) is 2.97. The topological polar surface area (TPSA) is 49.6 Å². The normalized spacial score (nSPS) is 23.3. The standard InChI is InChI=1S/C15H21N3O/c1-11-4-3-7-18-13(10-17-15(11)18)9-16-8-12-5-2-6-14(12)19/h3-4,7,10,12,14,16,19H,2,5-6,8-9H2,1H3. The Balaban J connectivity index is 1.64. The van der Waals surface area contributed by atoms with Gasteiger partial charge < -0.3 is 14.8 Å². The van der Waals surface area contributed by atoms with Crippen molar-refractivity contribution in [3.05, 3.63) is 35.8 Å². The second-order valence-electron chi connectivity index (χ2n) is 5.52. The molecule has 0 bridgehead atoms. The molecule has 2 aromatic heterocycles. The van der Waals surface area contributed by atoms with E-state index in [4.69, 9.17) is 0 Å². The first-order chi connectivity index (χ1) is 9.25. The molecule has 0 aromatic carbocycles. The molecule has 2 N–H and O–H groups in total. The minimum absolute atomic E-state index is 0.114. The molecule has 2 heterocycles. The van der Waals surface area contributed by atoms with Gasteiger partial charge in [0.25, 0.3) is 0 Å². The Morgan fingerprint density at radius 2 is 2.37 bits per heavy atom. The number of aryl methyl sites for hydroxylation is 1. The number of pyridine rings is 1. The van der Waals surface area contributed by atoms with E-state index in [1.54, 1.807) is 0 Å². The lowest BCUT2D eigenvalue weighted by molar-refractivity contribution is 0.131. The Morgan fingerprint density at radius 3 is 3.16 bits per heavy atom. The van der Waals surface area contributed by atoms with Gasteiger partial charge in [-0.25, -0.2) is 4.98 Å². The lowest BCUT2D eigenvalue weighted by Gasteiger charge is -2.14. The van der Waals surface area contributed by atoms with Crippen LogP contribution in [0.1, 0.15) is 30.5 Å². The van der Waals surface area contributed by atoms with Gasteiger partial charge in [-0.05, 0) is 37.3 Å². The first kappa shape index (κ1) is 12.6. The molecule has 0 spiro atoms. The SMILES string of the molecule is Cc1cccn2c(CNCC3CCCC3O)cnc12. The quantitative estimate of drug-likeness (QED) is 0.881. The Kier molecular flexibility index (Phi) is 3.53. The number of rotatable bonds is 4. The van der Waals surface area contributed by atoms with Crippen LogP contribution in [0.3, 0.4) is 0 Å². The third-order valence-electron chi connectivity index (χ3n) is 4.14. The van der Waals surface area contributed by atoms with Crippen molar-refractivity contribution >= 4 is 5.65 Å². The summed E-state index contributed by atoms with van der Waals surface area (Å²) < 4.78 is 2.13. The maximum atomic E-state index is 9.80. The molecule has 3 rings (SSSR count). The Labute approximate surface area is 113 Å². The minimum atomic E-state index is -0.114. The molecule has 1 fully saturated rings. The van der Waals surface area contributed by atoms with E-state index in [2.05, 4.69) is 33.9 Å². The lowest BCUT2D eigenvalue weighted by atomic mass is 10.1. The number of nitrogens with zero attached hydrogens (tertiary/aromatic N) is 2. The van der Waals surface area contributed by atoms with Crippen LogP contribution in [0.4, 0.5) is 0 Å². The average Bonchev–Trinajstić information content (AvgIpc) is 2.98. The van der Waals surface area contributed by atoms with Crippen LogP contribution in [0, 0.1) is 12.8 Å². The van der Waals surface area contributed by atoms with Crippen LogP contribution < -0.4 is 5.32 Å². The zero-order valence-corrected chi connectivity index (χ0v) is 11.3. The molecule has 1 aliphatic rings. The first-order valence-electron chi connectivity index (χ1n) is 7.06. The van der Waals surface area contributed by atoms with Crippen molar-refractivity contribution in [1.82, 2.24) is 14.7 Å². The summed E-state index contributed by atoms with van der Waals surface area (Å²) in [6, 6.07) is 4.13. The molecular weight excluding hydrogens is 238 g/mol. The maximum Gasteiger partial charge on any atom is 0.139 e. The number of aromatic nitrogens is 2. The average molecular weight is 259 g/mol. The second kappa shape index (κ2) is 5.31. The van der Waals surface area contributed by atoms with E-state index in [0.717, 1.165) is 38.0 Å². The van der Waals surface area contributed by atoms with Gasteiger partial charge in [-0.3, -0.25) is 0 Å². The first-order valence-corrected chi connectivity index (χ1v) is 7.06. The highest BCUT2D eigenvalue weighted by Gasteiger charge is 2.24. The van der Waals surface area contributed by atoms with Gasteiger partial charge in [0.1, 0.15) is 5.65 Å². The highest BCUT2D eigenvalue weighted by molar-refractivity contribution is 5.48.